The van der Waals surface area contributed by atoms with Gasteiger partial charge in [-0.3, -0.25) is 14.1 Å². The largest absolute Gasteiger partial charge is 0.291 e. The van der Waals surface area contributed by atoms with E-state index >= 15 is 0 Å². The molecule has 1 aromatic rings. The van der Waals surface area contributed by atoms with E-state index in [2.05, 4.69) is 4.98 Å². The normalized spacial score (nSPS) is 21.3. The Bertz CT molecular complexity index is 322. The van der Waals surface area contributed by atoms with Gasteiger partial charge in [-0.25, -0.2) is 0 Å². The van der Waals surface area contributed by atoms with E-state index in [0.717, 1.165) is 0 Å². The lowest BCUT2D eigenvalue weighted by atomic mass is 10.3. The number of fused-ring (bicyclic) bond motifs is 1. The molecule has 2 heterocycles. The Hall–Kier alpha value is -0.840. The first kappa shape index (κ1) is 6.84. The second-order valence-corrected chi connectivity index (χ2v) is 4.18. The third-order valence-corrected chi connectivity index (χ3v) is 3.05. The summed E-state index contributed by atoms with van der Waals surface area (Å²) in [5.41, 5.74) is 0.660. The van der Waals surface area contributed by atoms with Crippen molar-refractivity contribution < 1.29 is 9.11 Å². The Kier molecular flexibility index (Phi) is 1.29. The molecule has 0 saturated heterocycles. The quantitative estimate of drug-likeness (QED) is 0.625. The zero-order chi connectivity index (χ0) is 7.90. The molecule has 2 N–H and O–H groups in total. The molecule has 0 radical (unpaired) electrons. The minimum atomic E-state index is -2.65. The van der Waals surface area contributed by atoms with Crippen LogP contribution in [0.3, 0.4) is 0 Å². The summed E-state index contributed by atoms with van der Waals surface area (Å²) in [7, 11) is -2.65. The molecule has 2 rings (SSSR count). The summed E-state index contributed by atoms with van der Waals surface area (Å²) in [6.45, 7) is 0. The van der Waals surface area contributed by atoms with Crippen molar-refractivity contribution in [2.24, 2.45) is 0 Å². The molecular formula is C7H7NO2S. The van der Waals surface area contributed by atoms with Crippen LogP contribution in [0.1, 0.15) is 5.69 Å². The Morgan fingerprint density at radius 3 is 2.91 bits per heavy atom. The molecule has 11 heavy (non-hydrogen) atoms. The molecule has 0 atom stereocenters. The highest BCUT2D eigenvalue weighted by atomic mass is 32.3. The maximum absolute atomic E-state index is 9.36. The Balaban J connectivity index is 2.64. The van der Waals surface area contributed by atoms with E-state index in [1.807, 2.05) is 0 Å². The standard InChI is InChI=1S/C7H7NO2S/c9-11(10)5-3-6-7(11)2-1-4-8-6/h1-5,9-10H. The van der Waals surface area contributed by atoms with Crippen molar-refractivity contribution in [1.82, 2.24) is 4.98 Å². The van der Waals surface area contributed by atoms with E-state index in [-0.39, 0.29) is 0 Å². The second-order valence-electron chi connectivity index (χ2n) is 2.28. The minimum absolute atomic E-state index is 0.528. The van der Waals surface area contributed by atoms with Crippen molar-refractivity contribution in [2.75, 3.05) is 0 Å². The van der Waals surface area contributed by atoms with Crippen molar-refractivity contribution in [3.8, 4) is 0 Å². The lowest BCUT2D eigenvalue weighted by Gasteiger charge is -2.24. The van der Waals surface area contributed by atoms with E-state index in [0.29, 0.717) is 10.6 Å². The summed E-state index contributed by atoms with van der Waals surface area (Å²) in [6.07, 6.45) is 3.26. The van der Waals surface area contributed by atoms with Gasteiger partial charge in [-0.1, -0.05) is 0 Å². The molecule has 1 aliphatic heterocycles. The first-order valence-corrected chi connectivity index (χ1v) is 4.72. The maximum Gasteiger partial charge on any atom is 0.0887 e. The molecule has 0 fully saturated rings. The zero-order valence-electron chi connectivity index (χ0n) is 5.64. The van der Waals surface area contributed by atoms with Gasteiger partial charge in [0.25, 0.3) is 0 Å². The van der Waals surface area contributed by atoms with Crippen LogP contribution in [0.15, 0.2) is 28.6 Å². The van der Waals surface area contributed by atoms with Gasteiger partial charge in [0, 0.05) is 11.6 Å². The lowest BCUT2D eigenvalue weighted by Crippen LogP contribution is -1.91. The molecule has 58 valence electrons. The van der Waals surface area contributed by atoms with E-state index in [1.54, 1.807) is 24.4 Å². The van der Waals surface area contributed by atoms with Crippen LogP contribution in [-0.4, -0.2) is 14.1 Å². The third kappa shape index (κ3) is 0.956. The second kappa shape index (κ2) is 2.07. The lowest BCUT2D eigenvalue weighted by molar-refractivity contribution is 0.500. The molecule has 0 saturated carbocycles. The monoisotopic (exact) mass is 169 g/mol. The number of aromatic nitrogens is 1. The maximum atomic E-state index is 9.36. The van der Waals surface area contributed by atoms with Crippen molar-refractivity contribution in [3.05, 3.63) is 29.4 Å². The number of hydrogen-bond acceptors (Lipinski definition) is 3. The van der Waals surface area contributed by atoms with E-state index in [4.69, 9.17) is 0 Å². The average molecular weight is 169 g/mol. The third-order valence-electron chi connectivity index (χ3n) is 1.54. The molecular weight excluding hydrogens is 162 g/mol. The van der Waals surface area contributed by atoms with E-state index in [1.165, 1.54) is 5.41 Å². The fourth-order valence-corrected chi connectivity index (χ4v) is 2.19. The SMILES string of the molecule is OS1(O)C=Cc2ncccc21. The van der Waals surface area contributed by atoms with E-state index in [9.17, 15) is 9.11 Å². The van der Waals surface area contributed by atoms with Gasteiger partial charge in [0.15, 0.2) is 0 Å². The van der Waals surface area contributed by atoms with Crippen molar-refractivity contribution in [3.63, 3.8) is 0 Å². The average Bonchev–Trinajstić information content (AvgIpc) is 2.29. The zero-order valence-corrected chi connectivity index (χ0v) is 6.45. The molecule has 0 spiro atoms. The first-order valence-electron chi connectivity index (χ1n) is 3.11. The van der Waals surface area contributed by atoms with Gasteiger partial charge in [-0.05, 0) is 18.2 Å². The molecule has 4 heteroatoms. The summed E-state index contributed by atoms with van der Waals surface area (Å²) in [5.74, 6) is 0. The number of nitrogens with zero attached hydrogens (tertiary/aromatic N) is 1. The van der Waals surface area contributed by atoms with E-state index < -0.39 is 10.6 Å². The van der Waals surface area contributed by atoms with Crippen LogP contribution < -0.4 is 0 Å². The molecule has 1 aromatic heterocycles. The summed E-state index contributed by atoms with van der Waals surface area (Å²) >= 11 is 0. The molecule has 0 unspecified atom stereocenters. The van der Waals surface area contributed by atoms with Crippen LogP contribution in [0.25, 0.3) is 6.08 Å². The first-order chi connectivity index (χ1) is 5.20. The summed E-state index contributed by atoms with van der Waals surface area (Å²) in [5, 5.41) is 1.39. The number of pyridine rings is 1. The minimum Gasteiger partial charge on any atom is -0.291 e. The Morgan fingerprint density at radius 1 is 1.36 bits per heavy atom. The smallest absolute Gasteiger partial charge is 0.0887 e. The summed E-state index contributed by atoms with van der Waals surface area (Å²) in [4.78, 5) is 4.50. The highest BCUT2D eigenvalue weighted by Crippen LogP contribution is 2.55. The van der Waals surface area contributed by atoms with Crippen LogP contribution in [-0.2, 0) is 0 Å². The van der Waals surface area contributed by atoms with Gasteiger partial charge in [0.2, 0.25) is 0 Å². The number of hydrogen-bond donors (Lipinski definition) is 2. The molecule has 0 aromatic carbocycles. The molecule has 3 nitrogen and oxygen atoms in total. The van der Waals surface area contributed by atoms with Crippen LogP contribution in [0.2, 0.25) is 0 Å². The summed E-state index contributed by atoms with van der Waals surface area (Å²) < 4.78 is 18.7. The fraction of sp³-hybridized carbons (Fsp3) is 0. The topological polar surface area (TPSA) is 53.4 Å². The molecule has 0 amide bonds. The summed E-state index contributed by atoms with van der Waals surface area (Å²) in [6, 6.07) is 3.37. The van der Waals surface area contributed by atoms with Crippen molar-refractivity contribution in [2.45, 2.75) is 4.90 Å². The van der Waals surface area contributed by atoms with Gasteiger partial charge < -0.3 is 0 Å². The van der Waals surface area contributed by atoms with Crippen LogP contribution in [0.5, 0.6) is 0 Å². The van der Waals surface area contributed by atoms with Crippen molar-refractivity contribution >= 4 is 16.7 Å². The predicted molar refractivity (Wildman–Crippen MR) is 44.4 cm³/mol. The van der Waals surface area contributed by atoms with Crippen LogP contribution >= 0.6 is 10.6 Å². The van der Waals surface area contributed by atoms with Crippen LogP contribution in [0, 0.1) is 0 Å². The van der Waals surface area contributed by atoms with Gasteiger partial charge in [-0.2, -0.15) is 0 Å². The van der Waals surface area contributed by atoms with Crippen LogP contribution in [0.4, 0.5) is 0 Å². The number of rotatable bonds is 0. The molecule has 0 aliphatic carbocycles. The highest BCUT2D eigenvalue weighted by Gasteiger charge is 2.21. The molecule has 0 bridgehead atoms. The van der Waals surface area contributed by atoms with Gasteiger partial charge >= 0.3 is 0 Å². The Morgan fingerprint density at radius 2 is 2.18 bits per heavy atom. The van der Waals surface area contributed by atoms with Gasteiger partial charge in [0.05, 0.1) is 10.6 Å². The van der Waals surface area contributed by atoms with Gasteiger partial charge in [-0.15, -0.1) is 10.6 Å². The molecule has 1 aliphatic rings. The van der Waals surface area contributed by atoms with Gasteiger partial charge in [0.1, 0.15) is 0 Å². The Labute approximate surface area is 65.8 Å². The predicted octanol–water partition coefficient (Wildman–Crippen LogP) is 2.18. The fourth-order valence-electron chi connectivity index (χ4n) is 1.01. The highest BCUT2D eigenvalue weighted by molar-refractivity contribution is 8.27. The van der Waals surface area contributed by atoms with Crippen molar-refractivity contribution in [1.29, 1.82) is 0 Å².